The summed E-state index contributed by atoms with van der Waals surface area (Å²) in [6, 6.07) is 0. The van der Waals surface area contributed by atoms with E-state index >= 15 is 0 Å². The monoisotopic (exact) mass is 350 g/mol. The number of aliphatic hydroxyl groups is 3. The third-order valence-electron chi connectivity index (χ3n) is 9.27. The normalized spacial score (nSPS) is 55.2. The summed E-state index contributed by atoms with van der Waals surface area (Å²) in [6.07, 6.45) is 8.74. The van der Waals surface area contributed by atoms with Crippen LogP contribution in [0.1, 0.15) is 71.6 Å². The van der Waals surface area contributed by atoms with Crippen LogP contribution in [0.3, 0.4) is 0 Å². The van der Waals surface area contributed by atoms with Crippen LogP contribution in [0, 0.1) is 34.5 Å². The summed E-state index contributed by atoms with van der Waals surface area (Å²) in [4.78, 5) is 12.4. The molecule has 0 amide bonds. The van der Waals surface area contributed by atoms with E-state index in [1.807, 2.05) is 6.92 Å². The zero-order valence-electron chi connectivity index (χ0n) is 15.7. The summed E-state index contributed by atoms with van der Waals surface area (Å²) >= 11 is 0. The van der Waals surface area contributed by atoms with Crippen LogP contribution in [0.2, 0.25) is 0 Å². The number of aliphatic hydroxyl groups excluding tert-OH is 2. The maximum atomic E-state index is 12.4. The molecule has 0 aromatic heterocycles. The van der Waals surface area contributed by atoms with Gasteiger partial charge in [0.25, 0.3) is 0 Å². The van der Waals surface area contributed by atoms with Gasteiger partial charge < -0.3 is 15.3 Å². The minimum absolute atomic E-state index is 0.212. The van der Waals surface area contributed by atoms with Gasteiger partial charge in [-0.2, -0.15) is 0 Å². The number of hydrogen-bond donors (Lipinski definition) is 3. The van der Waals surface area contributed by atoms with Gasteiger partial charge in [-0.1, -0.05) is 26.7 Å². The predicted octanol–water partition coefficient (Wildman–Crippen LogP) is 2.68. The van der Waals surface area contributed by atoms with Crippen molar-refractivity contribution in [3.8, 4) is 0 Å². The maximum absolute atomic E-state index is 12.4. The molecule has 3 N–H and O–H groups in total. The van der Waals surface area contributed by atoms with Crippen molar-refractivity contribution in [1.29, 1.82) is 0 Å². The highest BCUT2D eigenvalue weighted by Gasteiger charge is 2.68. The molecule has 4 fully saturated rings. The molecule has 0 aliphatic heterocycles. The highest BCUT2D eigenvalue weighted by Crippen LogP contribution is 2.68. The molecule has 0 unspecified atom stereocenters. The minimum atomic E-state index is -1.47. The quantitative estimate of drug-likeness (QED) is 0.715. The van der Waals surface area contributed by atoms with Crippen molar-refractivity contribution in [2.24, 2.45) is 34.5 Å². The van der Waals surface area contributed by atoms with Gasteiger partial charge in [0.1, 0.15) is 12.2 Å². The summed E-state index contributed by atoms with van der Waals surface area (Å²) in [5, 5.41) is 31.8. The number of carbonyl (C=O) groups excluding carboxylic acids is 1. The molecule has 0 aromatic rings. The van der Waals surface area contributed by atoms with Gasteiger partial charge in [-0.05, 0) is 74.0 Å². The van der Waals surface area contributed by atoms with Gasteiger partial charge in [-0.25, -0.2) is 0 Å². The van der Waals surface area contributed by atoms with E-state index in [0.29, 0.717) is 24.7 Å². The van der Waals surface area contributed by atoms with E-state index in [4.69, 9.17) is 0 Å². The number of rotatable bonds is 2. The van der Waals surface area contributed by atoms with Crippen LogP contribution in [-0.4, -0.2) is 39.4 Å². The first-order valence-corrected chi connectivity index (χ1v) is 10.3. The Bertz CT molecular complexity index is 562. The molecular formula is C21H34O4. The summed E-state index contributed by atoms with van der Waals surface area (Å²) in [6.45, 7) is 3.79. The zero-order valence-corrected chi connectivity index (χ0v) is 15.7. The van der Waals surface area contributed by atoms with Gasteiger partial charge in [0.2, 0.25) is 0 Å². The van der Waals surface area contributed by atoms with Crippen molar-refractivity contribution in [3.05, 3.63) is 0 Å². The second-order valence-electron chi connectivity index (χ2n) is 9.99. The molecule has 0 heterocycles. The Morgan fingerprint density at radius 1 is 1.08 bits per heavy atom. The molecule has 0 saturated heterocycles. The van der Waals surface area contributed by atoms with Crippen molar-refractivity contribution in [3.63, 3.8) is 0 Å². The third kappa shape index (κ3) is 2.20. The average Bonchev–Trinajstić information content (AvgIpc) is 2.85. The lowest BCUT2D eigenvalue weighted by molar-refractivity contribution is -0.198. The standard InChI is InChI=1S/C21H34O4/c1-19-9-4-3-5-13(19)6-7-14-15-8-10-21(25,17(24)12-22)20(15,2)11-16(23)18(14)19/h13-16,18,22-23,25H,3-12H2,1-2H3/t13-,14-,15-,16-,18+,19-,20-,21-/m0/s1. The summed E-state index contributed by atoms with van der Waals surface area (Å²) < 4.78 is 0. The fourth-order valence-corrected chi connectivity index (χ4v) is 8.01. The number of Topliss-reactive ketones (excluding diaryl/α,β-unsaturated/α-hetero) is 1. The van der Waals surface area contributed by atoms with E-state index in [2.05, 4.69) is 6.92 Å². The van der Waals surface area contributed by atoms with E-state index in [-0.39, 0.29) is 11.3 Å². The Hall–Kier alpha value is -0.450. The maximum Gasteiger partial charge on any atom is 0.190 e. The van der Waals surface area contributed by atoms with Crippen LogP contribution in [0.25, 0.3) is 0 Å². The van der Waals surface area contributed by atoms with Gasteiger partial charge in [0.05, 0.1) is 6.10 Å². The molecule has 25 heavy (non-hydrogen) atoms. The fraction of sp³-hybridized carbons (Fsp3) is 0.952. The van der Waals surface area contributed by atoms with Gasteiger partial charge in [-0.15, -0.1) is 0 Å². The molecule has 0 radical (unpaired) electrons. The van der Waals surface area contributed by atoms with E-state index in [0.717, 1.165) is 18.8 Å². The largest absolute Gasteiger partial charge is 0.393 e. The molecule has 0 spiro atoms. The molecule has 4 rings (SSSR count). The average molecular weight is 350 g/mol. The van der Waals surface area contributed by atoms with Crippen LogP contribution >= 0.6 is 0 Å². The Morgan fingerprint density at radius 2 is 1.84 bits per heavy atom. The summed E-state index contributed by atoms with van der Waals surface area (Å²) in [7, 11) is 0. The van der Waals surface area contributed by atoms with Crippen LogP contribution in [0.4, 0.5) is 0 Å². The summed E-state index contributed by atoms with van der Waals surface area (Å²) in [5.74, 6) is 1.24. The van der Waals surface area contributed by atoms with E-state index < -0.39 is 29.5 Å². The van der Waals surface area contributed by atoms with Crippen LogP contribution in [-0.2, 0) is 4.79 Å². The molecule has 0 bridgehead atoms. The Morgan fingerprint density at radius 3 is 2.56 bits per heavy atom. The van der Waals surface area contributed by atoms with Gasteiger partial charge in [0, 0.05) is 5.41 Å². The Kier molecular flexibility index (Phi) is 4.14. The van der Waals surface area contributed by atoms with Gasteiger partial charge in [-0.3, -0.25) is 4.79 Å². The number of hydrogen-bond acceptors (Lipinski definition) is 4. The highest BCUT2D eigenvalue weighted by molar-refractivity contribution is 5.89. The van der Waals surface area contributed by atoms with Crippen molar-refractivity contribution in [2.45, 2.75) is 83.3 Å². The molecule has 4 aliphatic carbocycles. The second kappa shape index (κ2) is 5.77. The molecular weight excluding hydrogens is 316 g/mol. The minimum Gasteiger partial charge on any atom is -0.393 e. The lowest BCUT2D eigenvalue weighted by Gasteiger charge is -2.62. The topological polar surface area (TPSA) is 77.8 Å². The van der Waals surface area contributed by atoms with Crippen LogP contribution < -0.4 is 0 Å². The molecule has 0 aromatic carbocycles. The first-order valence-electron chi connectivity index (χ1n) is 10.3. The highest BCUT2D eigenvalue weighted by atomic mass is 16.3. The fourth-order valence-electron chi connectivity index (χ4n) is 8.01. The van der Waals surface area contributed by atoms with Crippen LogP contribution in [0.15, 0.2) is 0 Å². The third-order valence-corrected chi connectivity index (χ3v) is 9.27. The van der Waals surface area contributed by atoms with Crippen molar-refractivity contribution >= 4 is 5.78 Å². The molecule has 4 nitrogen and oxygen atoms in total. The number of fused-ring (bicyclic) bond motifs is 5. The van der Waals surface area contributed by atoms with E-state index in [9.17, 15) is 20.1 Å². The number of ketones is 1. The predicted molar refractivity (Wildman–Crippen MR) is 94.8 cm³/mol. The molecule has 142 valence electrons. The SMILES string of the molecule is C[C@]12CCCC[C@H]1CC[C@@H]1[C@@H]2[C@@H](O)C[C@@]2(C)[C@H]1CC[C@]2(O)C(=O)CO. The van der Waals surface area contributed by atoms with Crippen molar-refractivity contribution < 1.29 is 20.1 Å². The van der Waals surface area contributed by atoms with E-state index in [1.54, 1.807) is 0 Å². The molecule has 4 aliphatic rings. The summed E-state index contributed by atoms with van der Waals surface area (Å²) in [5.41, 5.74) is -1.86. The van der Waals surface area contributed by atoms with Crippen molar-refractivity contribution in [1.82, 2.24) is 0 Å². The smallest absolute Gasteiger partial charge is 0.190 e. The molecule has 8 atom stereocenters. The second-order valence-corrected chi connectivity index (χ2v) is 9.99. The molecule has 4 saturated carbocycles. The number of carbonyl (C=O) groups is 1. The van der Waals surface area contributed by atoms with Gasteiger partial charge in [0.15, 0.2) is 5.78 Å². The lowest BCUT2D eigenvalue weighted by atomic mass is 9.43. The Balaban J connectivity index is 1.70. The Labute approximate surface area is 151 Å². The van der Waals surface area contributed by atoms with E-state index in [1.165, 1.54) is 32.1 Å². The van der Waals surface area contributed by atoms with Crippen LogP contribution in [0.5, 0.6) is 0 Å². The van der Waals surface area contributed by atoms with Crippen molar-refractivity contribution in [2.75, 3.05) is 6.61 Å². The first-order chi connectivity index (χ1) is 11.8. The zero-order chi connectivity index (χ0) is 18.0. The van der Waals surface area contributed by atoms with Gasteiger partial charge >= 0.3 is 0 Å². The lowest BCUT2D eigenvalue weighted by Crippen LogP contribution is -2.62. The first kappa shape index (κ1) is 17.9. The molecule has 4 heteroatoms.